The van der Waals surface area contributed by atoms with Crippen molar-refractivity contribution in [3.63, 3.8) is 0 Å². The van der Waals surface area contributed by atoms with Crippen molar-refractivity contribution >= 4 is 11.9 Å². The Bertz CT molecular complexity index is 720. The van der Waals surface area contributed by atoms with Gasteiger partial charge in [0.05, 0.1) is 11.6 Å². The summed E-state index contributed by atoms with van der Waals surface area (Å²) in [5.74, 6) is 0.0296. The fourth-order valence-electron chi connectivity index (χ4n) is 5.70. The Hall–Kier alpha value is -1.88. The third kappa shape index (κ3) is 1.99. The minimum Gasteiger partial charge on any atom is -0.460 e. The van der Waals surface area contributed by atoms with Gasteiger partial charge in [-0.05, 0) is 37.7 Å². The summed E-state index contributed by atoms with van der Waals surface area (Å²) >= 11 is 0. The van der Waals surface area contributed by atoms with E-state index in [1.54, 1.807) is 0 Å². The number of amides is 1. The van der Waals surface area contributed by atoms with Crippen LogP contribution in [0.3, 0.4) is 0 Å². The lowest BCUT2D eigenvalue weighted by Crippen LogP contribution is -2.68. The molecule has 3 heterocycles. The van der Waals surface area contributed by atoms with Crippen LogP contribution in [-0.4, -0.2) is 41.1 Å². The van der Waals surface area contributed by atoms with Crippen molar-refractivity contribution in [3.05, 3.63) is 35.9 Å². The van der Waals surface area contributed by atoms with Gasteiger partial charge in [-0.1, -0.05) is 30.3 Å². The summed E-state index contributed by atoms with van der Waals surface area (Å²) in [7, 11) is 0. The smallest absolute Gasteiger partial charge is 0.317 e. The zero-order chi connectivity index (χ0) is 17.1. The first-order valence-corrected chi connectivity index (χ1v) is 9.34. The first-order valence-electron chi connectivity index (χ1n) is 9.34. The minimum atomic E-state index is -0.672. The molecule has 4 atom stereocenters. The summed E-state index contributed by atoms with van der Waals surface area (Å²) in [5.41, 5.74) is -0.0661. The Morgan fingerprint density at radius 2 is 2.08 bits per heavy atom. The monoisotopic (exact) mass is 341 g/mol. The van der Waals surface area contributed by atoms with Crippen molar-refractivity contribution in [1.29, 1.82) is 0 Å². The van der Waals surface area contributed by atoms with E-state index >= 15 is 0 Å². The molecule has 1 aromatic rings. The Morgan fingerprint density at radius 3 is 2.92 bits per heavy atom. The number of esters is 1. The van der Waals surface area contributed by atoms with Crippen LogP contribution < -0.4 is 0 Å². The van der Waals surface area contributed by atoms with Crippen LogP contribution in [0.1, 0.15) is 44.1 Å². The summed E-state index contributed by atoms with van der Waals surface area (Å²) < 4.78 is 11.7. The average Bonchev–Trinajstić information content (AvgIpc) is 3.38. The van der Waals surface area contributed by atoms with Crippen molar-refractivity contribution in [2.45, 2.75) is 62.9 Å². The lowest BCUT2D eigenvalue weighted by Gasteiger charge is -2.56. The standard InChI is InChI=1S/C20H23NO4/c22-16-8-11-19-10-7-15-17(25-15)20(19,9-4-12-21(16)19)18(23)24-13-14-5-2-1-3-6-14/h1-3,5-6,15,17H,4,7-13H2/t15-,17-,19+,20+/m1/s1. The lowest BCUT2D eigenvalue weighted by atomic mass is 9.56. The molecule has 0 radical (unpaired) electrons. The minimum absolute atomic E-state index is 0.0711. The van der Waals surface area contributed by atoms with Crippen LogP contribution in [0.2, 0.25) is 0 Å². The molecule has 25 heavy (non-hydrogen) atoms. The molecule has 5 rings (SSSR count). The molecular formula is C20H23NO4. The number of carbonyl (C=O) groups is 2. The number of epoxide rings is 1. The summed E-state index contributed by atoms with van der Waals surface area (Å²) in [6.45, 7) is 1.05. The van der Waals surface area contributed by atoms with Gasteiger partial charge in [0.25, 0.3) is 0 Å². The number of nitrogens with zero attached hydrogens (tertiary/aromatic N) is 1. The highest BCUT2D eigenvalue weighted by Gasteiger charge is 2.75. The number of hydrogen-bond acceptors (Lipinski definition) is 4. The van der Waals surface area contributed by atoms with Crippen LogP contribution in [0.15, 0.2) is 30.3 Å². The van der Waals surface area contributed by atoms with Gasteiger partial charge < -0.3 is 14.4 Å². The summed E-state index contributed by atoms with van der Waals surface area (Å²) in [6, 6.07) is 9.77. The molecule has 5 heteroatoms. The van der Waals surface area contributed by atoms with Gasteiger partial charge in [-0.25, -0.2) is 0 Å². The van der Waals surface area contributed by atoms with Gasteiger partial charge in [0.1, 0.15) is 18.1 Å². The van der Waals surface area contributed by atoms with Crippen LogP contribution in [-0.2, 0) is 25.7 Å². The highest BCUT2D eigenvalue weighted by Crippen LogP contribution is 2.64. The van der Waals surface area contributed by atoms with Gasteiger partial charge in [-0.2, -0.15) is 0 Å². The molecule has 1 saturated carbocycles. The van der Waals surface area contributed by atoms with Crippen LogP contribution in [0.4, 0.5) is 0 Å². The molecule has 0 N–H and O–H groups in total. The predicted octanol–water partition coefficient (Wildman–Crippen LogP) is 2.43. The number of ether oxygens (including phenoxy) is 2. The summed E-state index contributed by atoms with van der Waals surface area (Å²) in [4.78, 5) is 27.8. The molecule has 3 saturated heterocycles. The van der Waals surface area contributed by atoms with Crippen LogP contribution in [0.5, 0.6) is 0 Å². The van der Waals surface area contributed by atoms with Gasteiger partial charge in [0.15, 0.2) is 0 Å². The Labute approximate surface area is 147 Å². The number of fused-ring (bicyclic) bond motifs is 2. The van der Waals surface area contributed by atoms with Crippen molar-refractivity contribution in [2.24, 2.45) is 5.41 Å². The third-order valence-electron chi connectivity index (χ3n) is 6.84. The van der Waals surface area contributed by atoms with E-state index in [0.29, 0.717) is 6.42 Å². The second kappa shape index (κ2) is 5.31. The van der Waals surface area contributed by atoms with E-state index in [-0.39, 0.29) is 36.2 Å². The average molecular weight is 341 g/mol. The topological polar surface area (TPSA) is 59.1 Å². The maximum Gasteiger partial charge on any atom is 0.317 e. The number of carbonyl (C=O) groups excluding carboxylic acids is 2. The van der Waals surface area contributed by atoms with E-state index in [1.807, 2.05) is 35.2 Å². The van der Waals surface area contributed by atoms with E-state index in [0.717, 1.165) is 44.2 Å². The molecule has 0 unspecified atom stereocenters. The maximum absolute atomic E-state index is 13.4. The number of benzene rings is 1. The first-order chi connectivity index (χ1) is 12.2. The molecule has 4 aliphatic rings. The van der Waals surface area contributed by atoms with E-state index in [2.05, 4.69) is 0 Å². The van der Waals surface area contributed by atoms with Crippen LogP contribution in [0, 0.1) is 5.41 Å². The first kappa shape index (κ1) is 15.4. The van der Waals surface area contributed by atoms with Gasteiger partial charge in [-0.15, -0.1) is 0 Å². The normalized spacial score (nSPS) is 38.6. The highest BCUT2D eigenvalue weighted by atomic mass is 16.6. The molecule has 0 bridgehead atoms. The zero-order valence-electron chi connectivity index (χ0n) is 14.3. The van der Waals surface area contributed by atoms with Crippen molar-refractivity contribution in [2.75, 3.05) is 6.54 Å². The van der Waals surface area contributed by atoms with Gasteiger partial charge >= 0.3 is 5.97 Å². The lowest BCUT2D eigenvalue weighted by molar-refractivity contribution is -0.180. The van der Waals surface area contributed by atoms with Crippen LogP contribution >= 0.6 is 0 Å². The molecular weight excluding hydrogens is 318 g/mol. The highest BCUT2D eigenvalue weighted by molar-refractivity contribution is 5.87. The molecule has 1 amide bonds. The fraction of sp³-hybridized carbons (Fsp3) is 0.600. The molecule has 1 aliphatic carbocycles. The van der Waals surface area contributed by atoms with E-state index in [4.69, 9.17) is 9.47 Å². The Kier molecular flexibility index (Phi) is 3.26. The second-order valence-corrected chi connectivity index (χ2v) is 7.85. The molecule has 1 spiro atoms. The van der Waals surface area contributed by atoms with Gasteiger partial charge in [-0.3, -0.25) is 9.59 Å². The van der Waals surface area contributed by atoms with Gasteiger partial charge in [0, 0.05) is 13.0 Å². The summed E-state index contributed by atoms with van der Waals surface area (Å²) in [6.07, 6.45) is 4.84. The Balaban J connectivity index is 1.47. The second-order valence-electron chi connectivity index (χ2n) is 7.85. The molecule has 3 aliphatic heterocycles. The largest absolute Gasteiger partial charge is 0.460 e. The quantitative estimate of drug-likeness (QED) is 0.626. The summed E-state index contributed by atoms with van der Waals surface area (Å²) in [5, 5.41) is 0. The fourth-order valence-corrected chi connectivity index (χ4v) is 5.70. The van der Waals surface area contributed by atoms with Crippen molar-refractivity contribution < 1.29 is 19.1 Å². The van der Waals surface area contributed by atoms with E-state index in [9.17, 15) is 9.59 Å². The molecule has 132 valence electrons. The molecule has 0 aromatic heterocycles. The van der Waals surface area contributed by atoms with Crippen LogP contribution in [0.25, 0.3) is 0 Å². The zero-order valence-corrected chi connectivity index (χ0v) is 14.3. The van der Waals surface area contributed by atoms with Crippen molar-refractivity contribution in [3.8, 4) is 0 Å². The molecule has 1 aromatic carbocycles. The predicted molar refractivity (Wildman–Crippen MR) is 89.5 cm³/mol. The number of piperidine rings is 1. The maximum atomic E-state index is 13.4. The SMILES string of the molecule is O=C1CC[C@@]23CC[C@H]4O[C@H]4[C@]2(C(=O)OCc2ccccc2)CCCN13. The molecule has 4 fully saturated rings. The van der Waals surface area contributed by atoms with E-state index in [1.165, 1.54) is 0 Å². The van der Waals surface area contributed by atoms with Crippen molar-refractivity contribution in [1.82, 2.24) is 4.90 Å². The number of rotatable bonds is 3. The third-order valence-corrected chi connectivity index (χ3v) is 6.84. The Morgan fingerprint density at radius 1 is 1.24 bits per heavy atom. The molecule has 5 nitrogen and oxygen atoms in total. The van der Waals surface area contributed by atoms with Gasteiger partial charge in [0.2, 0.25) is 5.91 Å². The number of hydrogen-bond donors (Lipinski definition) is 0. The van der Waals surface area contributed by atoms with E-state index < -0.39 is 5.41 Å².